The highest BCUT2D eigenvalue weighted by molar-refractivity contribution is 8.00. The molecule has 1 heterocycles. The Morgan fingerprint density at radius 1 is 1.38 bits per heavy atom. The van der Waals surface area contributed by atoms with Crippen LogP contribution >= 0.6 is 11.8 Å². The first-order valence-corrected chi connectivity index (χ1v) is 5.15. The van der Waals surface area contributed by atoms with Gasteiger partial charge in [0.05, 0.1) is 11.4 Å². The standard InChI is InChI=1S/C10H13NOS/c1-10(2)11(12)7-8-5-3-4-6-9(8)13-10/h3-6,12H,7H2,1-2H3. The zero-order valence-corrected chi connectivity index (χ0v) is 8.64. The lowest BCUT2D eigenvalue weighted by atomic mass is 10.2. The van der Waals surface area contributed by atoms with Gasteiger partial charge in [0, 0.05) is 4.90 Å². The molecule has 13 heavy (non-hydrogen) atoms. The van der Waals surface area contributed by atoms with Gasteiger partial charge in [-0.1, -0.05) is 18.2 Å². The average Bonchev–Trinajstić information content (AvgIpc) is 2.06. The van der Waals surface area contributed by atoms with Crippen LogP contribution in [0.25, 0.3) is 0 Å². The third-order valence-corrected chi connectivity index (χ3v) is 3.60. The first kappa shape index (κ1) is 9.06. The molecule has 0 spiro atoms. The zero-order valence-electron chi connectivity index (χ0n) is 7.82. The van der Waals surface area contributed by atoms with E-state index in [9.17, 15) is 5.21 Å². The van der Waals surface area contributed by atoms with Gasteiger partial charge in [-0.15, -0.1) is 11.8 Å². The Kier molecular flexibility index (Phi) is 2.10. The molecule has 1 aromatic carbocycles. The molecule has 1 N–H and O–H groups in total. The maximum atomic E-state index is 9.70. The third kappa shape index (κ3) is 1.59. The summed E-state index contributed by atoms with van der Waals surface area (Å²) in [5, 5.41) is 11.1. The second-order valence-corrected chi connectivity index (χ2v) is 5.36. The summed E-state index contributed by atoms with van der Waals surface area (Å²) in [7, 11) is 0. The van der Waals surface area contributed by atoms with Gasteiger partial charge in [0.2, 0.25) is 0 Å². The Morgan fingerprint density at radius 2 is 2.08 bits per heavy atom. The lowest BCUT2D eigenvalue weighted by molar-refractivity contribution is -0.140. The number of nitrogens with zero attached hydrogens (tertiary/aromatic N) is 1. The van der Waals surface area contributed by atoms with Gasteiger partial charge in [-0.2, -0.15) is 5.06 Å². The lowest BCUT2D eigenvalue weighted by Gasteiger charge is -2.37. The molecule has 0 fully saturated rings. The van der Waals surface area contributed by atoms with Crippen LogP contribution in [0.5, 0.6) is 0 Å². The van der Waals surface area contributed by atoms with Gasteiger partial charge < -0.3 is 5.21 Å². The minimum atomic E-state index is -0.214. The van der Waals surface area contributed by atoms with Crippen LogP contribution < -0.4 is 0 Å². The molecule has 0 amide bonds. The van der Waals surface area contributed by atoms with Gasteiger partial charge in [-0.3, -0.25) is 0 Å². The number of fused-ring (bicyclic) bond motifs is 1. The predicted molar refractivity (Wildman–Crippen MR) is 53.7 cm³/mol. The molecule has 0 saturated heterocycles. The van der Waals surface area contributed by atoms with E-state index in [1.807, 2.05) is 26.0 Å². The summed E-state index contributed by atoms with van der Waals surface area (Å²) in [5.41, 5.74) is 1.20. The Hall–Kier alpha value is -0.510. The van der Waals surface area contributed by atoms with Crippen molar-refractivity contribution < 1.29 is 5.21 Å². The van der Waals surface area contributed by atoms with E-state index in [1.54, 1.807) is 11.8 Å². The normalized spacial score (nSPS) is 21.2. The number of hydrogen-bond acceptors (Lipinski definition) is 3. The van der Waals surface area contributed by atoms with Crippen molar-refractivity contribution in [2.75, 3.05) is 0 Å². The number of hydroxylamine groups is 2. The Labute approximate surface area is 82.5 Å². The third-order valence-electron chi connectivity index (χ3n) is 2.27. The first-order valence-electron chi connectivity index (χ1n) is 4.33. The van der Waals surface area contributed by atoms with Crippen molar-refractivity contribution in [3.05, 3.63) is 29.8 Å². The molecule has 70 valence electrons. The molecule has 0 atom stereocenters. The summed E-state index contributed by atoms with van der Waals surface area (Å²) < 4.78 is 0. The molecule has 0 bridgehead atoms. The topological polar surface area (TPSA) is 23.5 Å². The average molecular weight is 195 g/mol. The van der Waals surface area contributed by atoms with E-state index in [2.05, 4.69) is 12.1 Å². The summed E-state index contributed by atoms with van der Waals surface area (Å²) in [4.78, 5) is 1.06. The van der Waals surface area contributed by atoms with Crippen molar-refractivity contribution >= 4 is 11.8 Å². The maximum Gasteiger partial charge on any atom is 0.0903 e. The van der Waals surface area contributed by atoms with E-state index in [-0.39, 0.29) is 4.87 Å². The van der Waals surface area contributed by atoms with Crippen LogP contribution in [-0.2, 0) is 6.54 Å². The molecule has 0 radical (unpaired) electrons. The molecule has 2 rings (SSSR count). The number of thioether (sulfide) groups is 1. The highest BCUT2D eigenvalue weighted by Gasteiger charge is 2.32. The van der Waals surface area contributed by atoms with Gasteiger partial charge >= 0.3 is 0 Å². The molecular weight excluding hydrogens is 182 g/mol. The monoisotopic (exact) mass is 195 g/mol. The Bertz CT molecular complexity index is 324. The second kappa shape index (κ2) is 3.01. The van der Waals surface area contributed by atoms with E-state index in [4.69, 9.17) is 0 Å². The maximum absolute atomic E-state index is 9.70. The Balaban J connectivity index is 2.39. The van der Waals surface area contributed by atoms with Crippen molar-refractivity contribution in [3.8, 4) is 0 Å². The fraction of sp³-hybridized carbons (Fsp3) is 0.400. The van der Waals surface area contributed by atoms with Gasteiger partial charge in [0.25, 0.3) is 0 Å². The molecule has 0 aromatic heterocycles. The number of hydrogen-bond donors (Lipinski definition) is 1. The minimum Gasteiger partial charge on any atom is -0.312 e. The SMILES string of the molecule is CC1(C)Sc2ccccc2CN1O. The summed E-state index contributed by atoms with van der Waals surface area (Å²) in [5.74, 6) is 0. The van der Waals surface area contributed by atoms with E-state index in [1.165, 1.54) is 15.5 Å². The van der Waals surface area contributed by atoms with Gasteiger partial charge in [0.1, 0.15) is 0 Å². The van der Waals surface area contributed by atoms with Crippen molar-refractivity contribution in [3.63, 3.8) is 0 Å². The minimum absolute atomic E-state index is 0.214. The van der Waals surface area contributed by atoms with Crippen LogP contribution in [0.15, 0.2) is 29.2 Å². The number of benzene rings is 1. The van der Waals surface area contributed by atoms with E-state index in [0.29, 0.717) is 6.54 Å². The summed E-state index contributed by atoms with van der Waals surface area (Å²) >= 11 is 1.70. The van der Waals surface area contributed by atoms with E-state index < -0.39 is 0 Å². The summed E-state index contributed by atoms with van der Waals surface area (Å²) in [6.07, 6.45) is 0. The summed E-state index contributed by atoms with van der Waals surface area (Å²) in [6, 6.07) is 8.20. The molecule has 2 nitrogen and oxygen atoms in total. The summed E-state index contributed by atoms with van der Waals surface area (Å²) in [6.45, 7) is 4.66. The fourth-order valence-electron chi connectivity index (χ4n) is 1.41. The van der Waals surface area contributed by atoms with E-state index in [0.717, 1.165) is 0 Å². The van der Waals surface area contributed by atoms with E-state index >= 15 is 0 Å². The molecule has 1 aliphatic heterocycles. The van der Waals surface area contributed by atoms with Crippen molar-refractivity contribution in [2.24, 2.45) is 0 Å². The number of rotatable bonds is 0. The Morgan fingerprint density at radius 3 is 2.85 bits per heavy atom. The lowest BCUT2D eigenvalue weighted by Crippen LogP contribution is -2.40. The second-order valence-electron chi connectivity index (χ2n) is 3.71. The predicted octanol–water partition coefficient (Wildman–Crippen LogP) is 2.72. The van der Waals surface area contributed by atoms with Crippen molar-refractivity contribution in [1.82, 2.24) is 5.06 Å². The van der Waals surface area contributed by atoms with Crippen LogP contribution in [-0.4, -0.2) is 15.1 Å². The molecule has 1 aliphatic rings. The fourth-order valence-corrected chi connectivity index (χ4v) is 2.53. The van der Waals surface area contributed by atoms with Crippen molar-refractivity contribution in [1.29, 1.82) is 0 Å². The van der Waals surface area contributed by atoms with Gasteiger partial charge in [-0.05, 0) is 25.5 Å². The highest BCUT2D eigenvalue weighted by atomic mass is 32.2. The van der Waals surface area contributed by atoms with Crippen molar-refractivity contribution in [2.45, 2.75) is 30.2 Å². The van der Waals surface area contributed by atoms with Crippen LogP contribution in [0.2, 0.25) is 0 Å². The largest absolute Gasteiger partial charge is 0.312 e. The van der Waals surface area contributed by atoms with Gasteiger partial charge in [-0.25, -0.2) is 0 Å². The quantitative estimate of drug-likeness (QED) is 0.688. The highest BCUT2D eigenvalue weighted by Crippen LogP contribution is 2.41. The molecule has 1 aromatic rings. The van der Waals surface area contributed by atoms with Crippen LogP contribution in [0.3, 0.4) is 0 Å². The van der Waals surface area contributed by atoms with Gasteiger partial charge in [0.15, 0.2) is 0 Å². The first-order chi connectivity index (χ1) is 6.09. The molecule has 0 unspecified atom stereocenters. The molecule has 3 heteroatoms. The van der Waals surface area contributed by atoms with Crippen LogP contribution in [0.1, 0.15) is 19.4 Å². The molecule has 0 saturated carbocycles. The molecule has 0 aliphatic carbocycles. The van der Waals surface area contributed by atoms with Crippen LogP contribution in [0.4, 0.5) is 0 Å². The molecular formula is C10H13NOS. The zero-order chi connectivity index (χ0) is 9.47. The smallest absolute Gasteiger partial charge is 0.0903 e. The van der Waals surface area contributed by atoms with Crippen LogP contribution in [0, 0.1) is 0 Å².